The standard InChI is InChI=1S/C9H14BrN3/c1-6-3-9(12-4-7(2)11)13-5-8(6)10/h3,5,7H,4,11H2,1-2H3,(H,12,13). The van der Waals surface area contributed by atoms with Crippen molar-refractivity contribution in [1.29, 1.82) is 0 Å². The van der Waals surface area contributed by atoms with E-state index < -0.39 is 0 Å². The molecule has 0 fully saturated rings. The Morgan fingerprint density at radius 1 is 1.69 bits per heavy atom. The summed E-state index contributed by atoms with van der Waals surface area (Å²) < 4.78 is 1.03. The summed E-state index contributed by atoms with van der Waals surface area (Å²) in [5, 5.41) is 3.16. The molecule has 1 aromatic heterocycles. The molecule has 13 heavy (non-hydrogen) atoms. The first kappa shape index (κ1) is 10.5. The second-order valence-electron chi connectivity index (χ2n) is 3.18. The van der Waals surface area contributed by atoms with Gasteiger partial charge in [-0.05, 0) is 41.4 Å². The lowest BCUT2D eigenvalue weighted by Crippen LogP contribution is -2.25. The largest absolute Gasteiger partial charge is 0.369 e. The quantitative estimate of drug-likeness (QED) is 0.853. The van der Waals surface area contributed by atoms with Gasteiger partial charge in [0.15, 0.2) is 0 Å². The number of aromatic nitrogens is 1. The van der Waals surface area contributed by atoms with E-state index in [1.54, 1.807) is 6.20 Å². The summed E-state index contributed by atoms with van der Waals surface area (Å²) in [5.74, 6) is 0.873. The van der Waals surface area contributed by atoms with Gasteiger partial charge in [0.25, 0.3) is 0 Å². The minimum absolute atomic E-state index is 0.144. The molecule has 1 atom stereocenters. The molecule has 0 aliphatic rings. The van der Waals surface area contributed by atoms with Crippen molar-refractivity contribution in [2.45, 2.75) is 19.9 Å². The van der Waals surface area contributed by atoms with E-state index in [0.29, 0.717) is 0 Å². The average Bonchev–Trinajstić information content (AvgIpc) is 2.07. The van der Waals surface area contributed by atoms with Crippen LogP contribution in [0.3, 0.4) is 0 Å². The number of nitrogens with two attached hydrogens (primary N) is 1. The van der Waals surface area contributed by atoms with Crippen LogP contribution in [0.15, 0.2) is 16.7 Å². The first-order valence-corrected chi connectivity index (χ1v) is 5.00. The summed E-state index contributed by atoms with van der Waals surface area (Å²) in [6.45, 7) is 4.73. The van der Waals surface area contributed by atoms with Gasteiger partial charge in [-0.1, -0.05) is 0 Å². The molecular formula is C9H14BrN3. The van der Waals surface area contributed by atoms with Crippen LogP contribution in [0.2, 0.25) is 0 Å². The maximum Gasteiger partial charge on any atom is 0.126 e. The Bertz CT molecular complexity index is 286. The van der Waals surface area contributed by atoms with Crippen molar-refractivity contribution in [3.05, 3.63) is 22.3 Å². The Hall–Kier alpha value is -0.610. The molecule has 0 saturated carbocycles. The molecule has 0 aliphatic heterocycles. The highest BCUT2D eigenvalue weighted by Crippen LogP contribution is 2.16. The molecule has 1 aromatic rings. The molecule has 0 amide bonds. The van der Waals surface area contributed by atoms with Gasteiger partial charge < -0.3 is 11.1 Å². The van der Waals surface area contributed by atoms with Gasteiger partial charge in [0.05, 0.1) is 0 Å². The van der Waals surface area contributed by atoms with Gasteiger partial charge in [0, 0.05) is 23.3 Å². The lowest BCUT2D eigenvalue weighted by atomic mass is 10.3. The van der Waals surface area contributed by atoms with E-state index >= 15 is 0 Å². The third kappa shape index (κ3) is 3.32. The Labute approximate surface area is 86.9 Å². The van der Waals surface area contributed by atoms with Crippen molar-refractivity contribution in [2.75, 3.05) is 11.9 Å². The van der Waals surface area contributed by atoms with E-state index in [1.807, 2.05) is 19.9 Å². The molecule has 72 valence electrons. The molecule has 0 radical (unpaired) electrons. The lowest BCUT2D eigenvalue weighted by molar-refractivity contribution is 0.777. The number of rotatable bonds is 3. The smallest absolute Gasteiger partial charge is 0.126 e. The van der Waals surface area contributed by atoms with Crippen LogP contribution in [-0.2, 0) is 0 Å². The van der Waals surface area contributed by atoms with Gasteiger partial charge in [-0.15, -0.1) is 0 Å². The van der Waals surface area contributed by atoms with E-state index in [0.717, 1.165) is 16.8 Å². The maximum absolute atomic E-state index is 5.61. The van der Waals surface area contributed by atoms with Crippen molar-refractivity contribution in [1.82, 2.24) is 4.98 Å². The summed E-state index contributed by atoms with van der Waals surface area (Å²) in [7, 11) is 0. The van der Waals surface area contributed by atoms with Crippen LogP contribution in [-0.4, -0.2) is 17.6 Å². The predicted octanol–water partition coefficient (Wildman–Crippen LogP) is 1.91. The Morgan fingerprint density at radius 2 is 2.38 bits per heavy atom. The summed E-state index contributed by atoms with van der Waals surface area (Å²) >= 11 is 3.39. The molecule has 0 spiro atoms. The van der Waals surface area contributed by atoms with Crippen molar-refractivity contribution in [3.8, 4) is 0 Å². The minimum Gasteiger partial charge on any atom is -0.369 e. The highest BCUT2D eigenvalue weighted by atomic mass is 79.9. The zero-order chi connectivity index (χ0) is 9.84. The van der Waals surface area contributed by atoms with Gasteiger partial charge in [-0.3, -0.25) is 0 Å². The molecule has 0 saturated heterocycles. The summed E-state index contributed by atoms with van der Waals surface area (Å²) in [4.78, 5) is 4.20. The Balaban J connectivity index is 2.63. The van der Waals surface area contributed by atoms with E-state index in [4.69, 9.17) is 5.73 Å². The second-order valence-corrected chi connectivity index (χ2v) is 4.03. The molecule has 1 heterocycles. The van der Waals surface area contributed by atoms with Crippen LogP contribution in [0.25, 0.3) is 0 Å². The van der Waals surface area contributed by atoms with E-state index in [1.165, 1.54) is 5.56 Å². The van der Waals surface area contributed by atoms with E-state index in [9.17, 15) is 0 Å². The third-order valence-electron chi connectivity index (χ3n) is 1.65. The summed E-state index contributed by atoms with van der Waals surface area (Å²) in [6, 6.07) is 2.14. The molecule has 1 unspecified atom stereocenters. The fraction of sp³-hybridized carbons (Fsp3) is 0.444. The second kappa shape index (κ2) is 4.58. The van der Waals surface area contributed by atoms with Crippen LogP contribution >= 0.6 is 15.9 Å². The fourth-order valence-corrected chi connectivity index (χ4v) is 1.12. The minimum atomic E-state index is 0.144. The SMILES string of the molecule is Cc1cc(NCC(C)N)ncc1Br. The van der Waals surface area contributed by atoms with Crippen LogP contribution in [0.1, 0.15) is 12.5 Å². The number of pyridine rings is 1. The Morgan fingerprint density at radius 3 is 2.92 bits per heavy atom. The molecule has 0 bridgehead atoms. The number of nitrogens with zero attached hydrogens (tertiary/aromatic N) is 1. The summed E-state index contributed by atoms with van der Waals surface area (Å²) in [5.41, 5.74) is 6.78. The van der Waals surface area contributed by atoms with Crippen molar-refractivity contribution < 1.29 is 0 Å². The highest BCUT2D eigenvalue weighted by molar-refractivity contribution is 9.10. The molecule has 1 rings (SSSR count). The van der Waals surface area contributed by atoms with Gasteiger partial charge in [-0.25, -0.2) is 4.98 Å². The molecule has 3 nitrogen and oxygen atoms in total. The van der Waals surface area contributed by atoms with E-state index in [2.05, 4.69) is 26.2 Å². The number of nitrogens with one attached hydrogen (secondary N) is 1. The number of hydrogen-bond donors (Lipinski definition) is 2. The first-order valence-electron chi connectivity index (χ1n) is 4.21. The van der Waals surface area contributed by atoms with Crippen molar-refractivity contribution in [3.63, 3.8) is 0 Å². The zero-order valence-electron chi connectivity index (χ0n) is 7.84. The number of aryl methyl sites for hydroxylation is 1. The van der Waals surface area contributed by atoms with Gasteiger partial charge >= 0.3 is 0 Å². The zero-order valence-corrected chi connectivity index (χ0v) is 9.43. The molecular weight excluding hydrogens is 230 g/mol. The van der Waals surface area contributed by atoms with Crippen LogP contribution < -0.4 is 11.1 Å². The molecule has 4 heteroatoms. The van der Waals surface area contributed by atoms with Crippen LogP contribution in [0.5, 0.6) is 0 Å². The average molecular weight is 244 g/mol. The highest BCUT2D eigenvalue weighted by Gasteiger charge is 1.99. The van der Waals surface area contributed by atoms with Gasteiger partial charge in [0.1, 0.15) is 5.82 Å². The number of halogens is 1. The molecule has 0 aliphatic carbocycles. The topological polar surface area (TPSA) is 50.9 Å². The monoisotopic (exact) mass is 243 g/mol. The van der Waals surface area contributed by atoms with Crippen molar-refractivity contribution in [2.24, 2.45) is 5.73 Å². The lowest BCUT2D eigenvalue weighted by Gasteiger charge is -2.08. The van der Waals surface area contributed by atoms with Gasteiger partial charge in [0.2, 0.25) is 0 Å². The molecule has 3 N–H and O–H groups in total. The summed E-state index contributed by atoms with van der Waals surface area (Å²) in [6.07, 6.45) is 1.79. The van der Waals surface area contributed by atoms with Crippen molar-refractivity contribution >= 4 is 21.7 Å². The first-order chi connectivity index (χ1) is 6.09. The van der Waals surface area contributed by atoms with Gasteiger partial charge in [-0.2, -0.15) is 0 Å². The maximum atomic E-state index is 5.61. The predicted molar refractivity (Wildman–Crippen MR) is 58.8 cm³/mol. The Kier molecular flexibility index (Phi) is 3.69. The number of anilines is 1. The van der Waals surface area contributed by atoms with Crippen LogP contribution in [0, 0.1) is 6.92 Å². The normalized spacial score (nSPS) is 12.6. The van der Waals surface area contributed by atoms with E-state index in [-0.39, 0.29) is 6.04 Å². The van der Waals surface area contributed by atoms with Crippen LogP contribution in [0.4, 0.5) is 5.82 Å². The third-order valence-corrected chi connectivity index (χ3v) is 2.48. The molecule has 0 aromatic carbocycles. The number of hydrogen-bond acceptors (Lipinski definition) is 3. The fourth-order valence-electron chi connectivity index (χ4n) is 0.902.